The lowest BCUT2D eigenvalue weighted by atomic mass is 10.4. The minimum absolute atomic E-state index is 0.857. The summed E-state index contributed by atoms with van der Waals surface area (Å²) in [6.45, 7) is 2.78. The monoisotopic (exact) mass is 196 g/mol. The first-order valence-electron chi connectivity index (χ1n) is 3.23. The van der Waals surface area contributed by atoms with Crippen molar-refractivity contribution in [1.82, 2.24) is 0 Å². The molecule has 72 valence electrons. The van der Waals surface area contributed by atoms with Gasteiger partial charge in [-0.2, -0.15) is 8.42 Å². The average molecular weight is 196 g/mol. The third-order valence-corrected chi connectivity index (χ3v) is 1.81. The maximum Gasteiger partial charge on any atom is 0.271 e. The van der Waals surface area contributed by atoms with Gasteiger partial charge in [-0.15, -0.1) is 0 Å². The van der Waals surface area contributed by atoms with Crippen LogP contribution in [0.4, 0.5) is 0 Å². The Balaban J connectivity index is 4.23. The van der Waals surface area contributed by atoms with Crippen LogP contribution in [0.5, 0.6) is 0 Å². The highest BCUT2D eigenvalue weighted by Crippen LogP contribution is 2.08. The minimum atomic E-state index is -4.22. The molecule has 0 heterocycles. The lowest BCUT2D eigenvalue weighted by Gasteiger charge is -2.20. The van der Waals surface area contributed by atoms with Crippen LogP contribution in [0.2, 0.25) is 0 Å². The molecule has 0 aliphatic carbocycles. The van der Waals surface area contributed by atoms with Crippen LogP contribution in [-0.2, 0) is 14.9 Å². The summed E-state index contributed by atoms with van der Waals surface area (Å²) in [5, 5.41) is 9.17. The molecule has 0 fully saturated rings. The first-order valence-corrected chi connectivity index (χ1v) is 4.84. The standard InChI is InChI=1S/C6H12O5S/c1-3-4-11-6(2,7)5-12(8,9)10/h3-4,7H,5H2,1-2H3,(H,8,9,10). The predicted octanol–water partition coefficient (Wildman–Crippen LogP) is 0.133. The normalized spacial score (nSPS) is 17.7. The molecule has 0 saturated heterocycles. The number of hydrogen-bond acceptors (Lipinski definition) is 4. The predicted molar refractivity (Wildman–Crippen MR) is 42.9 cm³/mol. The molecule has 5 nitrogen and oxygen atoms in total. The maximum atomic E-state index is 10.3. The highest BCUT2D eigenvalue weighted by atomic mass is 32.2. The van der Waals surface area contributed by atoms with E-state index in [9.17, 15) is 8.42 Å². The molecule has 0 rings (SSSR count). The maximum absolute atomic E-state index is 10.3. The van der Waals surface area contributed by atoms with Crippen molar-refractivity contribution >= 4 is 10.1 Å². The summed E-state index contributed by atoms with van der Waals surface area (Å²) in [5.74, 6) is -2.75. The molecule has 0 radical (unpaired) electrons. The summed E-state index contributed by atoms with van der Waals surface area (Å²) in [6.07, 6.45) is 2.63. The summed E-state index contributed by atoms with van der Waals surface area (Å²) in [4.78, 5) is 0. The van der Waals surface area contributed by atoms with E-state index in [-0.39, 0.29) is 0 Å². The fraction of sp³-hybridized carbons (Fsp3) is 0.667. The van der Waals surface area contributed by atoms with E-state index < -0.39 is 21.7 Å². The van der Waals surface area contributed by atoms with Gasteiger partial charge < -0.3 is 9.84 Å². The van der Waals surface area contributed by atoms with Gasteiger partial charge in [0.15, 0.2) is 0 Å². The van der Waals surface area contributed by atoms with Crippen molar-refractivity contribution in [1.29, 1.82) is 0 Å². The Morgan fingerprint density at radius 3 is 2.42 bits per heavy atom. The lowest BCUT2D eigenvalue weighted by Crippen LogP contribution is -2.35. The van der Waals surface area contributed by atoms with Crippen LogP contribution < -0.4 is 0 Å². The molecule has 0 bridgehead atoms. The fourth-order valence-corrected chi connectivity index (χ4v) is 1.33. The van der Waals surface area contributed by atoms with Crippen molar-refractivity contribution in [3.05, 3.63) is 12.3 Å². The van der Waals surface area contributed by atoms with Crippen molar-refractivity contribution in [2.24, 2.45) is 0 Å². The Kier molecular flexibility index (Phi) is 3.69. The van der Waals surface area contributed by atoms with Gasteiger partial charge >= 0.3 is 0 Å². The third kappa shape index (κ3) is 6.14. The molecule has 0 saturated carbocycles. The van der Waals surface area contributed by atoms with Gasteiger partial charge in [0.2, 0.25) is 5.79 Å². The van der Waals surface area contributed by atoms with Crippen LogP contribution in [0.1, 0.15) is 13.8 Å². The van der Waals surface area contributed by atoms with Crippen LogP contribution in [0.3, 0.4) is 0 Å². The largest absolute Gasteiger partial charge is 0.470 e. The molecular formula is C6H12O5S. The second kappa shape index (κ2) is 3.88. The van der Waals surface area contributed by atoms with Crippen molar-refractivity contribution in [2.75, 3.05) is 5.75 Å². The van der Waals surface area contributed by atoms with Gasteiger partial charge in [-0.1, -0.05) is 6.08 Å². The van der Waals surface area contributed by atoms with Crippen LogP contribution in [0.25, 0.3) is 0 Å². The van der Waals surface area contributed by atoms with Crippen molar-refractivity contribution < 1.29 is 22.8 Å². The van der Waals surface area contributed by atoms with E-state index in [1.54, 1.807) is 6.92 Å². The Bertz CT molecular complexity index is 251. The van der Waals surface area contributed by atoms with Crippen molar-refractivity contribution in [3.8, 4) is 0 Å². The molecular weight excluding hydrogens is 184 g/mol. The van der Waals surface area contributed by atoms with Gasteiger partial charge in [0.05, 0.1) is 6.26 Å². The molecule has 0 aromatic rings. The lowest BCUT2D eigenvalue weighted by molar-refractivity contribution is -0.133. The molecule has 0 aromatic heterocycles. The van der Waals surface area contributed by atoms with E-state index in [0.717, 1.165) is 13.2 Å². The first-order chi connectivity index (χ1) is 5.27. The minimum Gasteiger partial charge on any atom is -0.470 e. The Hall–Kier alpha value is -0.590. The second-order valence-corrected chi connectivity index (χ2v) is 3.94. The zero-order valence-corrected chi connectivity index (χ0v) is 7.71. The smallest absolute Gasteiger partial charge is 0.271 e. The van der Waals surface area contributed by atoms with Crippen LogP contribution in [-0.4, -0.2) is 29.6 Å². The molecule has 6 heteroatoms. The molecule has 0 aliphatic heterocycles. The van der Waals surface area contributed by atoms with Crippen molar-refractivity contribution in [2.45, 2.75) is 19.6 Å². The van der Waals surface area contributed by atoms with Gasteiger partial charge in [0.1, 0.15) is 5.75 Å². The van der Waals surface area contributed by atoms with Crippen molar-refractivity contribution in [3.63, 3.8) is 0 Å². The third-order valence-electron chi connectivity index (χ3n) is 0.908. The van der Waals surface area contributed by atoms with Gasteiger partial charge in [0.25, 0.3) is 10.1 Å². The fourth-order valence-electron chi connectivity index (χ4n) is 0.587. The van der Waals surface area contributed by atoms with Gasteiger partial charge in [-0.25, -0.2) is 0 Å². The summed E-state index contributed by atoms with van der Waals surface area (Å²) < 4.78 is 33.6. The number of allylic oxidation sites excluding steroid dienone is 1. The molecule has 1 atom stereocenters. The summed E-state index contributed by atoms with van der Waals surface area (Å²) in [5.41, 5.74) is 0. The van der Waals surface area contributed by atoms with E-state index in [4.69, 9.17) is 9.66 Å². The van der Waals surface area contributed by atoms with Gasteiger partial charge in [-0.05, 0) is 6.92 Å². The molecule has 0 amide bonds. The zero-order chi connectivity index (χ0) is 9.83. The summed E-state index contributed by atoms with van der Waals surface area (Å²) in [6, 6.07) is 0. The van der Waals surface area contributed by atoms with Gasteiger partial charge in [-0.3, -0.25) is 4.55 Å². The molecule has 2 N–H and O–H groups in total. The SMILES string of the molecule is CC=COC(C)(O)CS(=O)(=O)O. The van der Waals surface area contributed by atoms with E-state index in [0.29, 0.717) is 0 Å². The summed E-state index contributed by atoms with van der Waals surface area (Å²) in [7, 11) is -4.22. The second-order valence-electron chi connectivity index (χ2n) is 2.49. The Labute approximate surface area is 71.4 Å². The van der Waals surface area contributed by atoms with Gasteiger partial charge in [0, 0.05) is 6.92 Å². The quantitative estimate of drug-likeness (QED) is 0.379. The van der Waals surface area contributed by atoms with E-state index in [1.807, 2.05) is 0 Å². The highest BCUT2D eigenvalue weighted by molar-refractivity contribution is 7.85. The Morgan fingerprint density at radius 2 is 2.08 bits per heavy atom. The van der Waals surface area contributed by atoms with Crippen LogP contribution in [0.15, 0.2) is 12.3 Å². The number of rotatable bonds is 4. The van der Waals surface area contributed by atoms with Crippen LogP contribution >= 0.6 is 0 Å². The zero-order valence-electron chi connectivity index (χ0n) is 6.89. The highest BCUT2D eigenvalue weighted by Gasteiger charge is 2.27. The molecule has 1 unspecified atom stereocenters. The van der Waals surface area contributed by atoms with Crippen LogP contribution in [0, 0.1) is 0 Å². The molecule has 12 heavy (non-hydrogen) atoms. The molecule has 0 spiro atoms. The number of hydrogen-bond donors (Lipinski definition) is 2. The number of ether oxygens (including phenoxy) is 1. The van der Waals surface area contributed by atoms with E-state index in [1.165, 1.54) is 6.08 Å². The average Bonchev–Trinajstić information content (AvgIpc) is 1.78. The summed E-state index contributed by atoms with van der Waals surface area (Å²) >= 11 is 0. The molecule has 0 aromatic carbocycles. The van der Waals surface area contributed by atoms with E-state index in [2.05, 4.69) is 4.74 Å². The number of aliphatic hydroxyl groups is 1. The topological polar surface area (TPSA) is 83.8 Å². The Morgan fingerprint density at radius 1 is 1.58 bits per heavy atom. The molecule has 0 aliphatic rings. The van der Waals surface area contributed by atoms with E-state index >= 15 is 0 Å². The first kappa shape index (κ1) is 11.4.